The van der Waals surface area contributed by atoms with E-state index in [9.17, 15) is 14.4 Å². The standard InChI is InChI=1S/C25H35FN2O4/c1-14(12-20(30)32-24(3,4)5)15(2)27-19(29)13-28-18-11-10-17(16-8-9-16)22(26)21(18)25(6,7)23(28)31/h10-11,14-16H,8-9,12-13H2,1-7H3,(H,27,29)/t14-,15+/m0/s1. The summed E-state index contributed by atoms with van der Waals surface area (Å²) in [6, 6.07) is 3.21. The summed E-state index contributed by atoms with van der Waals surface area (Å²) in [6.45, 7) is 12.3. The highest BCUT2D eigenvalue weighted by atomic mass is 19.1. The second kappa shape index (κ2) is 8.49. The number of anilines is 1. The minimum absolute atomic E-state index is 0.148. The van der Waals surface area contributed by atoms with Gasteiger partial charge in [0.15, 0.2) is 0 Å². The second-order valence-corrected chi connectivity index (χ2v) is 10.8. The highest BCUT2D eigenvalue weighted by Gasteiger charge is 2.47. The molecule has 1 aromatic carbocycles. The van der Waals surface area contributed by atoms with Crippen LogP contribution in [-0.2, 0) is 24.5 Å². The Balaban J connectivity index is 1.67. The molecule has 3 rings (SSSR count). The zero-order chi connectivity index (χ0) is 24.0. The zero-order valence-corrected chi connectivity index (χ0v) is 20.2. The van der Waals surface area contributed by atoms with Gasteiger partial charge in [0.25, 0.3) is 0 Å². The Bertz CT molecular complexity index is 931. The van der Waals surface area contributed by atoms with Gasteiger partial charge in [-0.25, -0.2) is 4.39 Å². The van der Waals surface area contributed by atoms with Crippen LogP contribution in [0.2, 0.25) is 0 Å². The van der Waals surface area contributed by atoms with E-state index in [-0.39, 0.29) is 54.4 Å². The van der Waals surface area contributed by atoms with Crippen LogP contribution in [0.25, 0.3) is 0 Å². The number of fused-ring (bicyclic) bond motifs is 1. The van der Waals surface area contributed by atoms with Crippen LogP contribution in [0.15, 0.2) is 12.1 Å². The quantitative estimate of drug-likeness (QED) is 0.637. The van der Waals surface area contributed by atoms with E-state index in [1.807, 2.05) is 34.6 Å². The topological polar surface area (TPSA) is 75.7 Å². The summed E-state index contributed by atoms with van der Waals surface area (Å²) in [5.41, 5.74) is -0.0767. The van der Waals surface area contributed by atoms with E-state index in [0.29, 0.717) is 16.8 Å². The van der Waals surface area contributed by atoms with Crippen LogP contribution in [0.5, 0.6) is 0 Å². The lowest BCUT2D eigenvalue weighted by molar-refractivity contribution is -0.156. The minimum Gasteiger partial charge on any atom is -0.460 e. The number of carbonyl (C=O) groups excluding carboxylic acids is 3. The summed E-state index contributed by atoms with van der Waals surface area (Å²) >= 11 is 0. The number of nitrogens with one attached hydrogen (secondary N) is 1. The highest BCUT2D eigenvalue weighted by molar-refractivity contribution is 6.10. The van der Waals surface area contributed by atoms with Gasteiger partial charge in [-0.15, -0.1) is 0 Å². The Morgan fingerprint density at radius 3 is 2.44 bits per heavy atom. The average Bonchev–Trinajstić information content (AvgIpc) is 3.45. The summed E-state index contributed by atoms with van der Waals surface area (Å²) < 4.78 is 20.6. The van der Waals surface area contributed by atoms with Crippen LogP contribution in [0.1, 0.15) is 84.8 Å². The Hall–Kier alpha value is -2.44. The maximum Gasteiger partial charge on any atom is 0.306 e. The van der Waals surface area contributed by atoms with Gasteiger partial charge in [-0.1, -0.05) is 13.0 Å². The summed E-state index contributed by atoms with van der Waals surface area (Å²) in [5.74, 6) is -1.19. The number of halogens is 1. The first-order chi connectivity index (χ1) is 14.7. The summed E-state index contributed by atoms with van der Waals surface area (Å²) in [6.07, 6.45) is 2.11. The van der Waals surface area contributed by atoms with Crippen LogP contribution < -0.4 is 10.2 Å². The number of nitrogens with zero attached hydrogens (tertiary/aromatic N) is 1. The molecule has 1 saturated carbocycles. The molecule has 0 saturated heterocycles. The molecule has 176 valence electrons. The second-order valence-electron chi connectivity index (χ2n) is 10.8. The number of carbonyl (C=O) groups is 3. The first-order valence-electron chi connectivity index (χ1n) is 11.4. The normalized spacial score (nSPS) is 19.4. The molecule has 2 aliphatic rings. The molecule has 2 amide bonds. The number of esters is 1. The third-order valence-electron chi connectivity index (χ3n) is 6.32. The fourth-order valence-corrected chi connectivity index (χ4v) is 4.23. The van der Waals surface area contributed by atoms with Crippen LogP contribution >= 0.6 is 0 Å². The predicted octanol–water partition coefficient (Wildman–Crippen LogP) is 4.20. The van der Waals surface area contributed by atoms with Gasteiger partial charge in [0.2, 0.25) is 11.8 Å². The monoisotopic (exact) mass is 446 g/mol. The van der Waals surface area contributed by atoms with Crippen molar-refractivity contribution in [1.82, 2.24) is 5.32 Å². The average molecular weight is 447 g/mol. The van der Waals surface area contributed by atoms with Crippen molar-refractivity contribution < 1.29 is 23.5 Å². The first kappa shape index (κ1) is 24.2. The van der Waals surface area contributed by atoms with Crippen molar-refractivity contribution >= 4 is 23.5 Å². The van der Waals surface area contributed by atoms with Gasteiger partial charge in [-0.3, -0.25) is 14.4 Å². The molecule has 0 aromatic heterocycles. The summed E-state index contributed by atoms with van der Waals surface area (Å²) in [7, 11) is 0. The summed E-state index contributed by atoms with van der Waals surface area (Å²) in [4.78, 5) is 39.3. The molecule has 0 spiro atoms. The molecule has 1 N–H and O–H groups in total. The lowest BCUT2D eigenvalue weighted by Gasteiger charge is -2.25. The third-order valence-corrected chi connectivity index (χ3v) is 6.32. The smallest absolute Gasteiger partial charge is 0.306 e. The van der Waals surface area contributed by atoms with E-state index in [1.54, 1.807) is 26.0 Å². The molecule has 7 heteroatoms. The molecule has 0 unspecified atom stereocenters. The fraction of sp³-hybridized carbons (Fsp3) is 0.640. The van der Waals surface area contributed by atoms with Crippen molar-refractivity contribution in [2.75, 3.05) is 11.4 Å². The lowest BCUT2D eigenvalue weighted by Crippen LogP contribution is -2.46. The van der Waals surface area contributed by atoms with Crippen molar-refractivity contribution in [3.05, 3.63) is 29.1 Å². The Morgan fingerprint density at radius 1 is 1.25 bits per heavy atom. The minimum atomic E-state index is -1.03. The van der Waals surface area contributed by atoms with Gasteiger partial charge in [-0.05, 0) is 77.8 Å². The van der Waals surface area contributed by atoms with E-state index in [0.717, 1.165) is 12.8 Å². The molecule has 1 aliphatic carbocycles. The van der Waals surface area contributed by atoms with E-state index in [2.05, 4.69) is 5.32 Å². The van der Waals surface area contributed by atoms with Crippen LogP contribution in [0.4, 0.5) is 10.1 Å². The number of ether oxygens (including phenoxy) is 1. The van der Waals surface area contributed by atoms with Gasteiger partial charge in [-0.2, -0.15) is 0 Å². The van der Waals surface area contributed by atoms with Crippen LogP contribution in [0, 0.1) is 11.7 Å². The van der Waals surface area contributed by atoms with Crippen LogP contribution in [0.3, 0.4) is 0 Å². The molecule has 1 fully saturated rings. The number of rotatable bonds is 7. The predicted molar refractivity (Wildman–Crippen MR) is 121 cm³/mol. The maximum absolute atomic E-state index is 15.3. The van der Waals surface area contributed by atoms with E-state index in [1.165, 1.54) is 4.90 Å². The summed E-state index contributed by atoms with van der Waals surface area (Å²) in [5, 5.41) is 2.87. The van der Waals surface area contributed by atoms with Gasteiger partial charge < -0.3 is 15.0 Å². The molecule has 1 aliphatic heterocycles. The molecule has 6 nitrogen and oxygen atoms in total. The Morgan fingerprint density at radius 2 is 1.88 bits per heavy atom. The van der Waals surface area contributed by atoms with Crippen molar-refractivity contribution in [1.29, 1.82) is 0 Å². The SMILES string of the molecule is C[C@@H](CC(=O)OC(C)(C)C)[C@@H](C)NC(=O)CN1C(=O)C(C)(C)c2c1ccc(C1CC1)c2F. The number of hydrogen-bond donors (Lipinski definition) is 1. The molecule has 2 atom stereocenters. The molecule has 1 heterocycles. The number of hydrogen-bond acceptors (Lipinski definition) is 4. The zero-order valence-electron chi connectivity index (χ0n) is 20.2. The molecular formula is C25H35FN2O4. The maximum atomic E-state index is 15.3. The van der Waals surface area contributed by atoms with Crippen molar-refractivity contribution in [2.24, 2.45) is 5.92 Å². The van der Waals surface area contributed by atoms with Gasteiger partial charge >= 0.3 is 5.97 Å². The molecular weight excluding hydrogens is 411 g/mol. The first-order valence-corrected chi connectivity index (χ1v) is 11.4. The van der Waals surface area contributed by atoms with Crippen molar-refractivity contribution in [3.8, 4) is 0 Å². The molecule has 1 aromatic rings. The van der Waals surface area contributed by atoms with E-state index in [4.69, 9.17) is 4.74 Å². The van der Waals surface area contributed by atoms with Gasteiger partial charge in [0.05, 0.1) is 17.5 Å². The van der Waals surface area contributed by atoms with Crippen molar-refractivity contribution in [2.45, 2.75) is 90.7 Å². The molecule has 0 bridgehead atoms. The Labute approximate surface area is 189 Å². The molecule has 0 radical (unpaired) electrons. The third kappa shape index (κ3) is 4.97. The van der Waals surface area contributed by atoms with Gasteiger partial charge in [0, 0.05) is 11.6 Å². The van der Waals surface area contributed by atoms with Crippen molar-refractivity contribution in [3.63, 3.8) is 0 Å². The van der Waals surface area contributed by atoms with E-state index < -0.39 is 11.0 Å². The Kier molecular flexibility index (Phi) is 6.42. The lowest BCUT2D eigenvalue weighted by atomic mass is 9.84. The largest absolute Gasteiger partial charge is 0.460 e. The molecule has 32 heavy (non-hydrogen) atoms. The number of benzene rings is 1. The van der Waals surface area contributed by atoms with Gasteiger partial charge in [0.1, 0.15) is 18.0 Å². The highest BCUT2D eigenvalue weighted by Crippen LogP contribution is 2.48. The fourth-order valence-electron chi connectivity index (χ4n) is 4.23. The van der Waals surface area contributed by atoms with E-state index >= 15 is 4.39 Å². The van der Waals surface area contributed by atoms with Crippen LogP contribution in [-0.4, -0.2) is 36.0 Å². The number of amides is 2.